The maximum absolute atomic E-state index is 12.7. The van der Waals surface area contributed by atoms with Gasteiger partial charge in [-0.3, -0.25) is 0 Å². The summed E-state index contributed by atoms with van der Waals surface area (Å²) in [5.41, 5.74) is 0.985. The topological polar surface area (TPSA) is 38.1 Å². The van der Waals surface area contributed by atoms with E-state index in [1.54, 1.807) is 18.3 Å². The van der Waals surface area contributed by atoms with Crippen LogP contribution in [0.5, 0.6) is 0 Å². The van der Waals surface area contributed by atoms with Crippen molar-refractivity contribution in [2.75, 3.05) is 7.05 Å². The van der Waals surface area contributed by atoms with Gasteiger partial charge in [-0.05, 0) is 24.7 Å². The Morgan fingerprint density at radius 2 is 2.06 bits per heavy atom. The largest absolute Gasteiger partial charge is 0.444 e. The molecule has 84 valence electrons. The Hall–Kier alpha value is -1.68. The zero-order valence-electron chi connectivity index (χ0n) is 9.03. The average molecular weight is 220 g/mol. The van der Waals surface area contributed by atoms with Gasteiger partial charge in [-0.15, -0.1) is 0 Å². The molecular weight excluding hydrogens is 207 g/mol. The van der Waals surface area contributed by atoms with Crippen molar-refractivity contribution in [3.8, 4) is 0 Å². The first kappa shape index (κ1) is 10.8. The quantitative estimate of drug-likeness (QED) is 0.857. The van der Waals surface area contributed by atoms with Crippen molar-refractivity contribution in [1.82, 2.24) is 10.3 Å². The minimum Gasteiger partial charge on any atom is -0.444 e. The molecular formula is C12H13FN2O. The summed E-state index contributed by atoms with van der Waals surface area (Å²) in [6, 6.07) is 6.34. The highest BCUT2D eigenvalue weighted by atomic mass is 19.1. The van der Waals surface area contributed by atoms with E-state index >= 15 is 0 Å². The molecule has 0 amide bonds. The summed E-state index contributed by atoms with van der Waals surface area (Å²) in [6.07, 6.45) is 2.29. The first-order chi connectivity index (χ1) is 7.78. The molecule has 1 aromatic heterocycles. The Bertz CT molecular complexity index is 450. The van der Waals surface area contributed by atoms with Crippen LogP contribution >= 0.6 is 0 Å². The van der Waals surface area contributed by atoms with E-state index < -0.39 is 0 Å². The van der Waals surface area contributed by atoms with Crippen LogP contribution in [0.25, 0.3) is 0 Å². The molecule has 1 aromatic carbocycles. The minimum absolute atomic E-state index is 0.230. The molecule has 4 heteroatoms. The standard InChI is InChI=1S/C12H13FN2O/c1-14-7-11-8-15-12(16-11)6-9-2-4-10(13)5-3-9/h2-5,8,14H,6-7H2,1H3. The van der Waals surface area contributed by atoms with Crippen LogP contribution in [0.1, 0.15) is 17.2 Å². The van der Waals surface area contributed by atoms with Crippen LogP contribution in [0, 0.1) is 5.82 Å². The number of nitrogens with one attached hydrogen (secondary N) is 1. The predicted octanol–water partition coefficient (Wildman–Crippen LogP) is 2.12. The average Bonchev–Trinajstić information content (AvgIpc) is 2.70. The van der Waals surface area contributed by atoms with Gasteiger partial charge in [0.1, 0.15) is 11.6 Å². The second-order valence-corrected chi connectivity index (χ2v) is 3.55. The molecule has 0 saturated carbocycles. The first-order valence-corrected chi connectivity index (χ1v) is 5.10. The zero-order valence-corrected chi connectivity index (χ0v) is 9.03. The number of hydrogen-bond donors (Lipinski definition) is 1. The van der Waals surface area contributed by atoms with Crippen LogP contribution < -0.4 is 5.32 Å². The zero-order chi connectivity index (χ0) is 11.4. The van der Waals surface area contributed by atoms with E-state index in [0.717, 1.165) is 11.3 Å². The Balaban J connectivity index is 2.05. The number of hydrogen-bond acceptors (Lipinski definition) is 3. The van der Waals surface area contributed by atoms with E-state index in [2.05, 4.69) is 10.3 Å². The smallest absolute Gasteiger partial charge is 0.198 e. The van der Waals surface area contributed by atoms with E-state index in [1.807, 2.05) is 7.05 Å². The molecule has 0 radical (unpaired) electrons. The van der Waals surface area contributed by atoms with Crippen molar-refractivity contribution in [1.29, 1.82) is 0 Å². The third kappa shape index (κ3) is 2.67. The molecule has 0 unspecified atom stereocenters. The molecule has 0 aliphatic heterocycles. The lowest BCUT2D eigenvalue weighted by molar-refractivity contribution is 0.454. The van der Waals surface area contributed by atoms with Gasteiger partial charge in [-0.2, -0.15) is 0 Å². The van der Waals surface area contributed by atoms with Gasteiger partial charge in [0.15, 0.2) is 5.89 Å². The molecule has 0 spiro atoms. The number of aromatic nitrogens is 1. The molecule has 0 saturated heterocycles. The van der Waals surface area contributed by atoms with E-state index in [9.17, 15) is 4.39 Å². The van der Waals surface area contributed by atoms with Crippen LogP contribution in [-0.2, 0) is 13.0 Å². The molecule has 1 N–H and O–H groups in total. The lowest BCUT2D eigenvalue weighted by atomic mass is 10.1. The summed E-state index contributed by atoms with van der Waals surface area (Å²) < 4.78 is 18.2. The Kier molecular flexibility index (Phi) is 3.31. The SMILES string of the molecule is CNCc1cnc(Cc2ccc(F)cc2)o1. The molecule has 0 fully saturated rings. The lowest BCUT2D eigenvalue weighted by Crippen LogP contribution is -2.03. The maximum atomic E-state index is 12.7. The fourth-order valence-electron chi connectivity index (χ4n) is 1.46. The van der Waals surface area contributed by atoms with Gasteiger partial charge in [0.25, 0.3) is 0 Å². The van der Waals surface area contributed by atoms with Crippen molar-refractivity contribution >= 4 is 0 Å². The highest BCUT2D eigenvalue weighted by Gasteiger charge is 2.04. The normalized spacial score (nSPS) is 10.6. The maximum Gasteiger partial charge on any atom is 0.198 e. The van der Waals surface area contributed by atoms with E-state index in [-0.39, 0.29) is 5.82 Å². The summed E-state index contributed by atoms with van der Waals surface area (Å²) in [5.74, 6) is 1.23. The van der Waals surface area contributed by atoms with Crippen LogP contribution in [0.4, 0.5) is 4.39 Å². The van der Waals surface area contributed by atoms with Gasteiger partial charge < -0.3 is 9.73 Å². The third-order valence-corrected chi connectivity index (χ3v) is 2.22. The summed E-state index contributed by atoms with van der Waals surface area (Å²) in [6.45, 7) is 0.663. The molecule has 0 aliphatic carbocycles. The molecule has 0 atom stereocenters. The van der Waals surface area contributed by atoms with Crippen molar-refractivity contribution in [2.24, 2.45) is 0 Å². The summed E-state index contributed by atoms with van der Waals surface area (Å²) >= 11 is 0. The summed E-state index contributed by atoms with van der Waals surface area (Å²) in [5, 5.41) is 2.99. The van der Waals surface area contributed by atoms with Gasteiger partial charge in [-0.25, -0.2) is 9.37 Å². The third-order valence-electron chi connectivity index (χ3n) is 2.22. The number of oxazole rings is 1. The Morgan fingerprint density at radius 3 is 2.75 bits per heavy atom. The van der Waals surface area contributed by atoms with Gasteiger partial charge in [0.2, 0.25) is 0 Å². The molecule has 1 heterocycles. The molecule has 0 aliphatic rings. The summed E-state index contributed by atoms with van der Waals surface area (Å²) in [4.78, 5) is 4.15. The van der Waals surface area contributed by atoms with Crippen LogP contribution in [0.2, 0.25) is 0 Å². The number of halogens is 1. The molecule has 0 bridgehead atoms. The van der Waals surface area contributed by atoms with Crippen molar-refractivity contribution in [3.05, 3.63) is 53.5 Å². The fourth-order valence-corrected chi connectivity index (χ4v) is 1.46. The highest BCUT2D eigenvalue weighted by Crippen LogP contribution is 2.10. The highest BCUT2D eigenvalue weighted by molar-refractivity contribution is 5.19. The van der Waals surface area contributed by atoms with Gasteiger partial charge in [0.05, 0.1) is 12.7 Å². The molecule has 2 rings (SSSR count). The second-order valence-electron chi connectivity index (χ2n) is 3.55. The van der Waals surface area contributed by atoms with E-state index in [1.165, 1.54) is 12.1 Å². The second kappa shape index (κ2) is 4.90. The number of nitrogens with zero attached hydrogens (tertiary/aromatic N) is 1. The number of benzene rings is 1. The molecule has 16 heavy (non-hydrogen) atoms. The predicted molar refractivity (Wildman–Crippen MR) is 58.5 cm³/mol. The first-order valence-electron chi connectivity index (χ1n) is 5.10. The van der Waals surface area contributed by atoms with Crippen molar-refractivity contribution in [2.45, 2.75) is 13.0 Å². The van der Waals surface area contributed by atoms with Gasteiger partial charge in [0, 0.05) is 6.42 Å². The van der Waals surface area contributed by atoms with E-state index in [4.69, 9.17) is 4.42 Å². The van der Waals surface area contributed by atoms with Gasteiger partial charge >= 0.3 is 0 Å². The molecule has 2 aromatic rings. The van der Waals surface area contributed by atoms with Crippen LogP contribution in [-0.4, -0.2) is 12.0 Å². The van der Waals surface area contributed by atoms with E-state index in [0.29, 0.717) is 18.9 Å². The van der Waals surface area contributed by atoms with Crippen molar-refractivity contribution < 1.29 is 8.81 Å². The summed E-state index contributed by atoms with van der Waals surface area (Å²) in [7, 11) is 1.85. The molecule has 3 nitrogen and oxygen atoms in total. The lowest BCUT2D eigenvalue weighted by Gasteiger charge is -1.97. The monoisotopic (exact) mass is 220 g/mol. The van der Waals surface area contributed by atoms with Crippen molar-refractivity contribution in [3.63, 3.8) is 0 Å². The minimum atomic E-state index is -0.230. The Morgan fingerprint density at radius 1 is 1.31 bits per heavy atom. The van der Waals surface area contributed by atoms with Crippen LogP contribution in [0.15, 0.2) is 34.9 Å². The Labute approximate surface area is 93.3 Å². The fraction of sp³-hybridized carbons (Fsp3) is 0.250. The van der Waals surface area contributed by atoms with Gasteiger partial charge in [-0.1, -0.05) is 12.1 Å². The number of rotatable bonds is 4. The van der Waals surface area contributed by atoms with Crippen LogP contribution in [0.3, 0.4) is 0 Å².